The van der Waals surface area contributed by atoms with Gasteiger partial charge in [0.15, 0.2) is 0 Å². The number of thioether (sulfide) groups is 1. The molecule has 5 atom stereocenters. The number of halogens is 2. The van der Waals surface area contributed by atoms with E-state index in [-0.39, 0.29) is 33.2 Å². The third-order valence-electron chi connectivity index (χ3n) is 6.58. The van der Waals surface area contributed by atoms with Crippen LogP contribution in [-0.2, 0) is 0 Å². The van der Waals surface area contributed by atoms with E-state index in [2.05, 4.69) is 71.2 Å². The maximum Gasteiger partial charge on any atom is 0.282 e. The summed E-state index contributed by atoms with van der Waals surface area (Å²) in [5, 5.41) is 15.4. The van der Waals surface area contributed by atoms with E-state index in [4.69, 9.17) is 11.6 Å². The average Bonchev–Trinajstić information content (AvgIpc) is 3.10. The molecule has 1 aliphatic heterocycles. The number of hydrogen-bond acceptors (Lipinski definition) is 4. The molecule has 0 amide bonds. The van der Waals surface area contributed by atoms with Gasteiger partial charge < -0.3 is 5.32 Å². The van der Waals surface area contributed by atoms with Crippen molar-refractivity contribution in [3.63, 3.8) is 0 Å². The highest BCUT2D eigenvalue weighted by Crippen LogP contribution is 2.58. The van der Waals surface area contributed by atoms with Crippen molar-refractivity contribution in [1.29, 1.82) is 0 Å². The van der Waals surface area contributed by atoms with Crippen molar-refractivity contribution in [2.45, 2.75) is 40.8 Å². The van der Waals surface area contributed by atoms with E-state index in [1.54, 1.807) is 23.9 Å². The SMILES string of the molecule is Cc1cc(I)cc2c1N[C@H](c1ccccc1)[C@@H]1C[C@H](Sc3ccccc3[N+](=O)[O-])[C@H](Cl)[C@H]21. The summed E-state index contributed by atoms with van der Waals surface area (Å²) in [5.41, 5.74) is 5.09. The predicted octanol–water partition coefficient (Wildman–Crippen LogP) is 7.55. The van der Waals surface area contributed by atoms with Crippen LogP contribution in [0.15, 0.2) is 71.6 Å². The number of alkyl halides is 1. The smallest absolute Gasteiger partial charge is 0.282 e. The Morgan fingerprint density at radius 1 is 1.12 bits per heavy atom. The molecule has 0 spiro atoms. The van der Waals surface area contributed by atoms with E-state index in [0.29, 0.717) is 10.8 Å². The summed E-state index contributed by atoms with van der Waals surface area (Å²) in [4.78, 5) is 11.9. The third kappa shape index (κ3) is 3.90. The molecule has 1 N–H and O–H groups in total. The number of nitro benzene ring substituents is 1. The van der Waals surface area contributed by atoms with Gasteiger partial charge in [0.1, 0.15) is 0 Å². The molecule has 1 fully saturated rings. The number of anilines is 1. The van der Waals surface area contributed by atoms with Gasteiger partial charge in [-0.2, -0.15) is 0 Å². The van der Waals surface area contributed by atoms with Crippen molar-refractivity contribution in [3.8, 4) is 0 Å². The molecular formula is C25H22ClIN2O2S. The van der Waals surface area contributed by atoms with Crippen LogP contribution in [0.3, 0.4) is 0 Å². The van der Waals surface area contributed by atoms with Gasteiger partial charge in [0.25, 0.3) is 5.69 Å². The summed E-state index contributed by atoms with van der Waals surface area (Å²) in [6.45, 7) is 2.15. The minimum Gasteiger partial charge on any atom is -0.377 e. The number of nitrogens with zero attached hydrogens (tertiary/aromatic N) is 1. The van der Waals surface area contributed by atoms with E-state index >= 15 is 0 Å². The third-order valence-corrected chi connectivity index (χ3v) is 9.32. The zero-order valence-electron chi connectivity index (χ0n) is 17.4. The molecule has 3 aromatic rings. The number of nitro groups is 1. The summed E-state index contributed by atoms with van der Waals surface area (Å²) in [7, 11) is 0. The highest BCUT2D eigenvalue weighted by molar-refractivity contribution is 14.1. The molecule has 2 aliphatic rings. The monoisotopic (exact) mass is 576 g/mol. The Balaban J connectivity index is 1.56. The van der Waals surface area contributed by atoms with Gasteiger partial charge in [-0.05, 0) is 76.7 Å². The molecule has 0 saturated heterocycles. The van der Waals surface area contributed by atoms with E-state index in [1.165, 1.54) is 25.9 Å². The number of benzene rings is 3. The molecule has 3 aromatic carbocycles. The summed E-state index contributed by atoms with van der Waals surface area (Å²) in [6, 6.07) is 22.1. The molecule has 0 radical (unpaired) electrons. The highest BCUT2D eigenvalue weighted by atomic mass is 127. The second-order valence-corrected chi connectivity index (χ2v) is 11.5. The van der Waals surface area contributed by atoms with Crippen molar-refractivity contribution in [2.75, 3.05) is 5.32 Å². The fraction of sp³-hybridized carbons (Fsp3) is 0.280. The van der Waals surface area contributed by atoms with Crippen LogP contribution in [0.1, 0.15) is 35.1 Å². The van der Waals surface area contributed by atoms with Gasteiger partial charge in [-0.3, -0.25) is 10.1 Å². The van der Waals surface area contributed by atoms with E-state index < -0.39 is 0 Å². The van der Waals surface area contributed by atoms with Gasteiger partial charge >= 0.3 is 0 Å². The molecular weight excluding hydrogens is 555 g/mol. The normalized spacial score (nSPS) is 26.2. The summed E-state index contributed by atoms with van der Waals surface area (Å²) >= 11 is 11.1. The van der Waals surface area contributed by atoms with E-state index in [9.17, 15) is 10.1 Å². The van der Waals surface area contributed by atoms with Crippen molar-refractivity contribution in [2.24, 2.45) is 5.92 Å². The molecule has 1 aliphatic carbocycles. The minimum absolute atomic E-state index is 0.0879. The van der Waals surface area contributed by atoms with Crippen molar-refractivity contribution in [1.82, 2.24) is 0 Å². The van der Waals surface area contributed by atoms with Crippen LogP contribution in [0.2, 0.25) is 0 Å². The summed E-state index contributed by atoms with van der Waals surface area (Å²) in [5.74, 6) is 0.497. The lowest BCUT2D eigenvalue weighted by molar-refractivity contribution is -0.387. The first-order valence-electron chi connectivity index (χ1n) is 10.6. The van der Waals surface area contributed by atoms with Gasteiger partial charge in [-0.25, -0.2) is 0 Å². The molecule has 7 heteroatoms. The van der Waals surface area contributed by atoms with Crippen LogP contribution in [0.4, 0.5) is 11.4 Å². The van der Waals surface area contributed by atoms with Gasteiger partial charge in [0, 0.05) is 26.5 Å². The molecule has 32 heavy (non-hydrogen) atoms. The first kappa shape index (κ1) is 22.0. The predicted molar refractivity (Wildman–Crippen MR) is 140 cm³/mol. The molecule has 1 heterocycles. The number of hydrogen-bond donors (Lipinski definition) is 1. The van der Waals surface area contributed by atoms with Crippen LogP contribution < -0.4 is 5.32 Å². The lowest BCUT2D eigenvalue weighted by Crippen LogP contribution is -2.31. The maximum atomic E-state index is 11.6. The lowest BCUT2D eigenvalue weighted by Gasteiger charge is -2.39. The Kier molecular flexibility index (Phi) is 6.11. The topological polar surface area (TPSA) is 55.2 Å². The highest BCUT2D eigenvalue weighted by Gasteiger charge is 2.50. The number of fused-ring (bicyclic) bond motifs is 3. The maximum absolute atomic E-state index is 11.6. The second kappa shape index (κ2) is 8.88. The van der Waals surface area contributed by atoms with Gasteiger partial charge in [-0.15, -0.1) is 23.4 Å². The molecule has 1 saturated carbocycles. The molecule has 0 unspecified atom stereocenters. The Morgan fingerprint density at radius 3 is 2.59 bits per heavy atom. The molecule has 164 valence electrons. The molecule has 0 aromatic heterocycles. The number of aryl methyl sites for hydroxylation is 1. The standard InChI is InChI=1S/C25H22ClIN2O2S/c1-14-11-16(27)12-17-22-18(25(28-24(14)17)15-7-3-2-4-8-15)13-21(23(22)26)32-20-10-6-5-9-19(20)29(30)31/h2-12,18,21-23,25,28H,13H2,1H3/t18-,21+,22-,23+,25-/m1/s1. The minimum atomic E-state index is -0.303. The van der Waals surface area contributed by atoms with Gasteiger partial charge in [0.05, 0.1) is 21.2 Å². The zero-order valence-corrected chi connectivity index (χ0v) is 21.1. The van der Waals surface area contributed by atoms with Crippen LogP contribution in [0, 0.1) is 26.5 Å². The van der Waals surface area contributed by atoms with Gasteiger partial charge in [-0.1, -0.05) is 42.5 Å². The number of rotatable bonds is 4. The molecule has 5 rings (SSSR count). The van der Waals surface area contributed by atoms with Crippen LogP contribution in [-0.4, -0.2) is 15.6 Å². The number of nitrogens with one attached hydrogen (secondary N) is 1. The van der Waals surface area contributed by atoms with Crippen LogP contribution in [0.5, 0.6) is 0 Å². The Morgan fingerprint density at radius 2 is 1.84 bits per heavy atom. The molecule has 4 nitrogen and oxygen atoms in total. The second-order valence-electron chi connectivity index (χ2n) is 8.47. The average molecular weight is 577 g/mol. The fourth-order valence-electron chi connectivity index (χ4n) is 5.22. The van der Waals surface area contributed by atoms with Crippen LogP contribution in [0.25, 0.3) is 0 Å². The van der Waals surface area contributed by atoms with Crippen molar-refractivity contribution < 1.29 is 4.92 Å². The zero-order chi connectivity index (χ0) is 22.4. The van der Waals surface area contributed by atoms with E-state index in [1.807, 2.05) is 18.2 Å². The Bertz CT molecular complexity index is 1180. The van der Waals surface area contributed by atoms with Crippen molar-refractivity contribution >= 4 is 57.3 Å². The largest absolute Gasteiger partial charge is 0.377 e. The van der Waals surface area contributed by atoms with Crippen LogP contribution >= 0.6 is 46.0 Å². The molecule has 0 bridgehead atoms. The summed E-state index contributed by atoms with van der Waals surface area (Å²) in [6.07, 6.45) is 0.895. The lowest BCUT2D eigenvalue weighted by atomic mass is 9.76. The first-order chi connectivity index (χ1) is 15.4. The quantitative estimate of drug-likeness (QED) is 0.151. The van der Waals surface area contributed by atoms with Crippen molar-refractivity contribution in [3.05, 3.63) is 97.1 Å². The fourth-order valence-corrected chi connectivity index (χ4v) is 7.97. The van der Waals surface area contributed by atoms with E-state index in [0.717, 1.165) is 6.42 Å². The Labute approximate surface area is 210 Å². The number of para-hydroxylation sites is 1. The van der Waals surface area contributed by atoms with Gasteiger partial charge in [0.2, 0.25) is 0 Å². The summed E-state index contributed by atoms with van der Waals surface area (Å²) < 4.78 is 1.20. The Hall–Kier alpha value is -1.77. The first-order valence-corrected chi connectivity index (χ1v) is 13.0.